The number of thiol groups is 2. The number of carboxylic acid groups (broad SMARTS) is 6. The van der Waals surface area contributed by atoms with Gasteiger partial charge in [0, 0.05) is 157 Å². The minimum absolute atomic E-state index is 0. The van der Waals surface area contributed by atoms with Crippen LogP contribution < -0.4 is 54.8 Å². The van der Waals surface area contributed by atoms with Crippen molar-refractivity contribution in [3.63, 3.8) is 0 Å². The summed E-state index contributed by atoms with van der Waals surface area (Å²) in [6.45, 7) is 46.6. The van der Waals surface area contributed by atoms with E-state index >= 15 is 0 Å². The fourth-order valence-electron chi connectivity index (χ4n) is 12.8. The smallest absolute Gasteiger partial charge is 0.481 e. The van der Waals surface area contributed by atoms with Crippen molar-refractivity contribution in [3.05, 3.63) is 0 Å². The van der Waals surface area contributed by atoms with E-state index in [9.17, 15) is 82.1 Å². The van der Waals surface area contributed by atoms with Crippen molar-refractivity contribution in [3.8, 4) is 0 Å². The second kappa shape index (κ2) is 92.1. The Kier molecular flexibility index (Phi) is 99.9. The Balaban J connectivity index is -0.000000241. The van der Waals surface area contributed by atoms with Gasteiger partial charge in [-0.15, -0.1) is 0 Å². The number of hydrogen-bond acceptors (Lipinski definition) is 42. The van der Waals surface area contributed by atoms with Gasteiger partial charge in [0.2, 0.25) is 23.6 Å². The van der Waals surface area contributed by atoms with Gasteiger partial charge in [-0.3, -0.25) is 101 Å². The largest absolute Gasteiger partial charge is 3.00 e. The molecule has 1 saturated heterocycles. The molecule has 0 spiro atoms. The summed E-state index contributed by atoms with van der Waals surface area (Å²) >= 11 is 15.0. The number of ether oxygens (including phenoxy) is 5. The predicted octanol–water partition coefficient (Wildman–Crippen LogP) is 4.19. The number of Topliss-reactive ketones (excluding diaryl/α,β-unsaturated/α-hetero) is 1. The molecule has 54 heteroatoms. The molecule has 45 nitrogen and oxygen atoms in total. The van der Waals surface area contributed by atoms with E-state index in [1.807, 2.05) is 70.4 Å². The Morgan fingerprint density at radius 3 is 1.16 bits per heavy atom. The summed E-state index contributed by atoms with van der Waals surface area (Å²) in [6, 6.07) is -2.17. The van der Waals surface area contributed by atoms with Gasteiger partial charge in [-0.25, -0.2) is 0 Å². The maximum atomic E-state index is 13.6. The van der Waals surface area contributed by atoms with E-state index in [0.29, 0.717) is 68.0 Å². The zero-order chi connectivity index (χ0) is 116. The van der Waals surface area contributed by atoms with Crippen LogP contribution in [0.1, 0.15) is 204 Å². The number of hydrogen-bond donors (Lipinski definition) is 18. The van der Waals surface area contributed by atoms with Gasteiger partial charge in [0.25, 0.3) is 0 Å². The van der Waals surface area contributed by atoms with Crippen LogP contribution in [0.25, 0.3) is 0 Å². The molecule has 0 aromatic carbocycles. The van der Waals surface area contributed by atoms with Crippen molar-refractivity contribution in [2.45, 2.75) is 286 Å². The molecule has 881 valence electrons. The number of nitrogens with zero attached hydrogens (tertiary/aromatic N) is 6. The minimum Gasteiger partial charge on any atom is -0.481 e. The Bertz CT molecular complexity index is 3670. The van der Waals surface area contributed by atoms with Crippen molar-refractivity contribution in [1.82, 2.24) is 61.3 Å². The molecule has 0 aromatic rings. The number of carbonyl (C=O) groups excluding carboxylic acids is 11. The second-order valence-corrected chi connectivity index (χ2v) is 49.0. The van der Waals surface area contributed by atoms with E-state index in [-0.39, 0.29) is 215 Å². The van der Waals surface area contributed by atoms with Crippen LogP contribution in [-0.4, -0.2) is 459 Å². The van der Waals surface area contributed by atoms with Crippen LogP contribution in [-0.2, 0) is 105 Å². The zero-order valence-electron chi connectivity index (χ0n) is 94.2. The molecule has 0 aliphatic carbocycles. The van der Waals surface area contributed by atoms with Crippen molar-refractivity contribution in [1.29, 1.82) is 0 Å². The molecule has 1 fully saturated rings. The predicted molar refractivity (Wildman–Crippen MR) is 602 cm³/mol. The number of amides is 4. The fourth-order valence-corrected chi connectivity index (χ4v) is 19.8. The van der Waals surface area contributed by atoms with Crippen molar-refractivity contribution in [2.24, 2.45) is 34.3 Å². The average molecular weight is 2450 g/mol. The first-order valence-electron chi connectivity index (χ1n) is 48.9. The number of rotatable bonds is 66. The quantitative estimate of drug-likeness (QED) is 0.0133. The SMILES string of the molecule is CC(C)(C)CN(CCN(CCN(CC(=O)OC(C)(C)C)CC(=O)OC(C)(C)C)[C@H](CCC(=O)O)C(=O)OC(C)(C)C)CC(=O)OC(C)(C)C.CC(C)(C)NCCOCCN.CC(C)C(=O)CC[C@@H](C(=O)O)N(CCN(CC(=O)O)CC(=O)O)CCN(CC(=O)O)CC(=O)O.CCNC(=O)C(CC(CN)SC)SC.CCNC(=O)C(CC(CNC)SC)SC.CNCC(S)CC(S)C(N)=O.CNCC1CC(C(N)=O)SS1.O.O=C=O.[Gd+3]. The van der Waals surface area contributed by atoms with Gasteiger partial charge in [0.05, 0.1) is 80.0 Å². The molecule has 10 atom stereocenters. The number of aliphatic carboxylic acids is 6. The maximum Gasteiger partial charge on any atom is 3.00 e. The topological polar surface area (TPSA) is 685 Å². The number of esters is 4. The molecule has 1 radical (unpaired) electrons. The van der Waals surface area contributed by atoms with Gasteiger partial charge < -0.3 is 115 Å². The Morgan fingerprint density at radius 1 is 0.487 bits per heavy atom. The minimum atomic E-state index is -1.28. The summed E-state index contributed by atoms with van der Waals surface area (Å²) < 4.78 is 27.6. The summed E-state index contributed by atoms with van der Waals surface area (Å²) in [4.78, 5) is 202. The van der Waals surface area contributed by atoms with Crippen LogP contribution in [0.2, 0.25) is 0 Å². The van der Waals surface area contributed by atoms with E-state index in [1.165, 1.54) is 4.90 Å². The molecule has 1 heterocycles. The second-order valence-electron chi connectivity index (χ2n) is 40.5. The normalized spacial score (nSPS) is 14.5. The van der Waals surface area contributed by atoms with Gasteiger partial charge in [-0.2, -0.15) is 81.9 Å². The van der Waals surface area contributed by atoms with E-state index in [1.54, 1.807) is 164 Å². The maximum absolute atomic E-state index is 13.6. The van der Waals surface area contributed by atoms with Gasteiger partial charge in [-0.1, -0.05) is 56.2 Å². The van der Waals surface area contributed by atoms with E-state index < -0.39 is 120 Å². The molecule has 8 unspecified atom stereocenters. The number of thioether (sulfide) groups is 4. The number of carbonyl (C=O) groups is 15. The summed E-state index contributed by atoms with van der Waals surface area (Å²) in [5.74, 6) is -10.3. The van der Waals surface area contributed by atoms with Gasteiger partial charge >= 0.3 is 106 Å². The number of nitrogens with one attached hydrogen (secondary N) is 6. The fraction of sp³-hybridized carbons (Fsp3) is 0.833. The molecule has 0 saturated carbocycles. The van der Waals surface area contributed by atoms with Crippen LogP contribution in [0.4, 0.5) is 0 Å². The third kappa shape index (κ3) is 102. The van der Waals surface area contributed by atoms with Crippen molar-refractivity contribution >= 4 is 189 Å². The third-order valence-electron chi connectivity index (χ3n) is 19.2. The van der Waals surface area contributed by atoms with Gasteiger partial charge in [0.1, 0.15) is 40.3 Å². The van der Waals surface area contributed by atoms with Crippen LogP contribution in [0.3, 0.4) is 0 Å². The molecule has 0 aromatic heterocycles. The van der Waals surface area contributed by atoms with Crippen LogP contribution in [0, 0.1) is 51.3 Å². The number of ketones is 1. The number of carboxylic acids is 6. The Labute approximate surface area is 960 Å². The first-order valence-corrected chi connectivity index (χ1v) is 57.4. The summed E-state index contributed by atoms with van der Waals surface area (Å²) in [6.07, 6.45) is 11.2. The van der Waals surface area contributed by atoms with Crippen LogP contribution in [0.5, 0.6) is 0 Å². The molecular weight excluding hydrogens is 2250 g/mol. The number of primary amides is 2. The first-order chi connectivity index (χ1) is 68.2. The van der Waals surface area contributed by atoms with Crippen molar-refractivity contribution < 1.29 is 181 Å². The molecule has 1 rings (SSSR count). The van der Waals surface area contributed by atoms with E-state index in [4.69, 9.17) is 76.6 Å². The monoisotopic (exact) mass is 2450 g/mol. The van der Waals surface area contributed by atoms with E-state index in [2.05, 4.69) is 105 Å². The van der Waals surface area contributed by atoms with Crippen LogP contribution in [0.15, 0.2) is 0 Å². The average Bonchev–Trinajstić information content (AvgIpc) is 1.24. The summed E-state index contributed by atoms with van der Waals surface area (Å²) in [5.41, 5.74) is 18.0. The molecule has 4 amide bonds. The standard InChI is InChI=1S/C36H67N3O10.C20H33N3O11.C10H22N2OS2.C9H20N2OS2.C8H20N2O.C6H12N2OS2.C6H14N2OS2.CO2.Gd.H2O/c1-32(2,3)25-38(24-30(44)48-35(10,11)12)19-21-39(26(16-17-27(40)41)31(45)49-36(13,14)15)20-18-37(22-28(42)46-33(4,5)6)23-29(43)47-34(7,8)9;1-13(2)15(24)4-3-14(20(33)34)23(7-5-21(9-16(25)26)10-17(27)28)8-6-22(11-18(29)30)12-19(31)32;1-5-12-10(13)9(15-4)6-8(14-3)7-11-2;1-4-11-9(12)8(14-3)5-7(6-10)13-2;1-8(2,3)10-5-7-11-6-4-9;1-8-3-4-2-5(6(7)9)11-10-4;1-8-3-4(10)2-5(11)6(7)9;2-1-3;;/h26H,16-25H2,1-15H3,(H,40,41);13-14H,3-12H2,1-2H3,(H,25,26)(H,27,28)(H,29,30)(H,31,32)(H,33,34);8-9,11H,5-7H2,1-4H3,(H,12,13);7-8H,4-6,10H2,1-3H3,(H,11,12);10H,4-7,9H2,1-3H3;4-5,8H,2-3H2,1H3,(H2,7,9);4-5,8,10-11H,2-3H2,1H3,(H2,7,9);;;1H2/q;;;;;;;;+3;/t26-;14-;;;;;;;;/m10......../s1. The van der Waals surface area contributed by atoms with Gasteiger partial charge in [-0.05, 0) is 208 Å². The Hall–Kier alpha value is -4.81. The molecule has 22 N–H and O–H groups in total. The Morgan fingerprint density at radius 2 is 0.860 bits per heavy atom. The van der Waals surface area contributed by atoms with Crippen LogP contribution >= 0.6 is 93.9 Å². The third-order valence-corrected chi connectivity index (χ3v) is 27.3. The zero-order valence-corrected chi connectivity index (χ0v) is 103. The first kappa shape index (κ1) is 163. The summed E-state index contributed by atoms with van der Waals surface area (Å²) in [7, 11) is 9.06. The van der Waals surface area contributed by atoms with Crippen molar-refractivity contribution in [2.75, 3.05) is 216 Å². The molecular formula is C96H190GdN16O29S8+3. The summed E-state index contributed by atoms with van der Waals surface area (Å²) in [5, 5.41) is 74.9. The van der Waals surface area contributed by atoms with Gasteiger partial charge in [0.15, 0.2) is 0 Å². The number of nitrogens with two attached hydrogens (primary N) is 4. The van der Waals surface area contributed by atoms with E-state index in [0.717, 1.165) is 61.8 Å². The molecule has 150 heavy (non-hydrogen) atoms. The molecule has 0 bridgehead atoms. The molecule has 1 aliphatic rings. The molecule has 1 aliphatic heterocycles.